The summed E-state index contributed by atoms with van der Waals surface area (Å²) in [5.74, 6) is 1.45. The van der Waals surface area contributed by atoms with Crippen LogP contribution in [0.4, 0.5) is 0 Å². The number of ether oxygens (including phenoxy) is 3. The summed E-state index contributed by atoms with van der Waals surface area (Å²) in [6.07, 6.45) is 5.13. The number of carbonyl (C=O) groups is 1. The number of halogens is 1. The highest BCUT2D eigenvalue weighted by Crippen LogP contribution is 2.27. The summed E-state index contributed by atoms with van der Waals surface area (Å²) in [6.45, 7) is 4.13. The van der Waals surface area contributed by atoms with Gasteiger partial charge in [0, 0.05) is 19.1 Å². The number of hydrogen-bond donors (Lipinski definition) is 0. The number of esters is 1. The first-order valence-electron chi connectivity index (χ1n) is 12.3. The Morgan fingerprint density at radius 1 is 0.833 bits per heavy atom. The molecule has 0 heterocycles. The molecule has 0 spiro atoms. The molecular weight excluding hydrogens is 474 g/mol. The molecule has 0 saturated heterocycles. The molecule has 0 aromatic heterocycles. The Hall–Kier alpha value is -3.33. The lowest BCUT2D eigenvalue weighted by molar-refractivity contribution is 0.0734. The zero-order chi connectivity index (χ0) is 25.6. The van der Waals surface area contributed by atoms with Crippen LogP contribution in [0.5, 0.6) is 11.5 Å². The van der Waals surface area contributed by atoms with Crippen molar-refractivity contribution in [3.05, 3.63) is 83.4 Å². The second kappa shape index (κ2) is 14.9. The number of hydrogen-bond acceptors (Lipinski definition) is 5. The molecule has 36 heavy (non-hydrogen) atoms. The minimum atomic E-state index is -0.416. The van der Waals surface area contributed by atoms with E-state index in [0.29, 0.717) is 29.4 Å². The minimum absolute atomic E-state index is 0.416. The molecule has 0 aliphatic rings. The molecule has 0 radical (unpaired) electrons. The molecule has 0 atom stereocenters. The van der Waals surface area contributed by atoms with Gasteiger partial charge in [0.15, 0.2) is 0 Å². The van der Waals surface area contributed by atoms with E-state index in [1.54, 1.807) is 42.5 Å². The van der Waals surface area contributed by atoms with Gasteiger partial charge in [-0.1, -0.05) is 24.6 Å². The normalized spacial score (nSPS) is 10.6. The Morgan fingerprint density at radius 3 is 2.17 bits per heavy atom. The van der Waals surface area contributed by atoms with Crippen LogP contribution in [0.1, 0.15) is 53.6 Å². The van der Waals surface area contributed by atoms with Gasteiger partial charge in [0.2, 0.25) is 0 Å². The number of nitriles is 1. The highest BCUT2D eigenvalue weighted by Gasteiger charge is 2.11. The average molecular weight is 506 g/mol. The van der Waals surface area contributed by atoms with Gasteiger partial charge in [-0.15, -0.1) is 11.6 Å². The van der Waals surface area contributed by atoms with Gasteiger partial charge in [-0.25, -0.2) is 4.79 Å². The number of unbranched alkanes of at least 4 members (excludes halogenated alkanes) is 3. The Labute approximate surface area is 218 Å². The first-order chi connectivity index (χ1) is 17.6. The minimum Gasteiger partial charge on any atom is -0.494 e. The maximum Gasteiger partial charge on any atom is 0.343 e. The summed E-state index contributed by atoms with van der Waals surface area (Å²) in [5, 5.41) is 8.97. The Bertz CT molecular complexity index is 1140. The van der Waals surface area contributed by atoms with E-state index in [9.17, 15) is 4.79 Å². The molecule has 6 heteroatoms. The van der Waals surface area contributed by atoms with Crippen LogP contribution >= 0.6 is 11.6 Å². The molecule has 3 aromatic rings. The van der Waals surface area contributed by atoms with Crippen LogP contribution in [0, 0.1) is 18.3 Å². The van der Waals surface area contributed by atoms with Gasteiger partial charge in [-0.05, 0) is 97.8 Å². The average Bonchev–Trinajstić information content (AvgIpc) is 2.90. The van der Waals surface area contributed by atoms with E-state index in [1.165, 1.54) is 0 Å². The van der Waals surface area contributed by atoms with Crippen molar-refractivity contribution in [1.82, 2.24) is 0 Å². The number of benzene rings is 3. The Balaban J connectivity index is 1.42. The molecule has 0 saturated carbocycles. The third-order valence-corrected chi connectivity index (χ3v) is 5.96. The van der Waals surface area contributed by atoms with E-state index >= 15 is 0 Å². The highest BCUT2D eigenvalue weighted by atomic mass is 35.5. The zero-order valence-electron chi connectivity index (χ0n) is 20.7. The number of carbonyl (C=O) groups excluding carboxylic acids is 1. The lowest BCUT2D eigenvalue weighted by Gasteiger charge is -2.10. The Kier molecular flexibility index (Phi) is 11.3. The molecule has 0 aliphatic heterocycles. The highest BCUT2D eigenvalue weighted by molar-refractivity contribution is 6.17. The van der Waals surface area contributed by atoms with Crippen LogP contribution in [-0.4, -0.2) is 31.7 Å². The van der Waals surface area contributed by atoms with Crippen molar-refractivity contribution < 1.29 is 19.0 Å². The number of aryl methyl sites for hydroxylation is 1. The second-order valence-electron chi connectivity index (χ2n) is 8.50. The maximum absolute atomic E-state index is 12.6. The van der Waals surface area contributed by atoms with Gasteiger partial charge in [0.1, 0.15) is 11.5 Å². The van der Waals surface area contributed by atoms with Gasteiger partial charge in [-0.2, -0.15) is 5.26 Å². The van der Waals surface area contributed by atoms with Crippen LogP contribution in [0.3, 0.4) is 0 Å². The van der Waals surface area contributed by atoms with Gasteiger partial charge in [-0.3, -0.25) is 0 Å². The number of rotatable bonds is 14. The van der Waals surface area contributed by atoms with Crippen molar-refractivity contribution in [2.24, 2.45) is 0 Å². The molecule has 0 bridgehead atoms. The van der Waals surface area contributed by atoms with Crippen LogP contribution in [-0.2, 0) is 4.74 Å². The van der Waals surface area contributed by atoms with E-state index in [2.05, 4.69) is 6.07 Å². The molecule has 0 aliphatic carbocycles. The van der Waals surface area contributed by atoms with Gasteiger partial charge in [0.25, 0.3) is 0 Å². The fraction of sp³-hybridized carbons (Fsp3) is 0.333. The molecule has 5 nitrogen and oxygen atoms in total. The predicted molar refractivity (Wildman–Crippen MR) is 143 cm³/mol. The van der Waals surface area contributed by atoms with Crippen molar-refractivity contribution in [2.75, 3.05) is 25.7 Å². The maximum atomic E-state index is 12.6. The molecular formula is C30H32ClNO4. The fourth-order valence-corrected chi connectivity index (χ4v) is 3.82. The van der Waals surface area contributed by atoms with Gasteiger partial charge in [0.05, 0.1) is 23.8 Å². The van der Waals surface area contributed by atoms with E-state index in [1.807, 2.05) is 31.2 Å². The van der Waals surface area contributed by atoms with E-state index in [4.69, 9.17) is 31.1 Å². The quantitative estimate of drug-likeness (QED) is 0.0991. The molecule has 3 aromatic carbocycles. The van der Waals surface area contributed by atoms with Crippen molar-refractivity contribution in [2.45, 2.75) is 39.0 Å². The molecule has 0 amide bonds. The first-order valence-corrected chi connectivity index (χ1v) is 12.8. The lowest BCUT2D eigenvalue weighted by atomic mass is 9.99. The molecule has 0 unspecified atom stereocenters. The standard InChI is InChI=1S/C30H32ClNO4/c1-23-21-28(15-16-29(23)25-9-7-24(22-32)8-10-25)36-30(33)26-11-13-27(14-12-26)35-20-5-3-2-4-18-34-19-6-17-31/h7-16,21H,2-6,17-20H2,1H3. The molecule has 3 rings (SSSR count). The van der Waals surface area contributed by atoms with Crippen LogP contribution in [0.2, 0.25) is 0 Å². The van der Waals surface area contributed by atoms with Crippen molar-refractivity contribution in [3.63, 3.8) is 0 Å². The van der Waals surface area contributed by atoms with Crippen molar-refractivity contribution in [1.29, 1.82) is 5.26 Å². The summed E-state index contributed by atoms with van der Waals surface area (Å²) in [4.78, 5) is 12.6. The van der Waals surface area contributed by atoms with Crippen molar-refractivity contribution >= 4 is 17.6 Å². The molecule has 0 fully saturated rings. The summed E-state index contributed by atoms with van der Waals surface area (Å²) in [6, 6.07) is 22.1. The summed E-state index contributed by atoms with van der Waals surface area (Å²) >= 11 is 5.62. The SMILES string of the molecule is Cc1cc(OC(=O)c2ccc(OCCCCCCOCCCCl)cc2)ccc1-c1ccc(C#N)cc1. The van der Waals surface area contributed by atoms with Crippen LogP contribution < -0.4 is 9.47 Å². The number of alkyl halides is 1. The van der Waals surface area contributed by atoms with E-state index < -0.39 is 5.97 Å². The van der Waals surface area contributed by atoms with Crippen LogP contribution in [0.15, 0.2) is 66.7 Å². The topological polar surface area (TPSA) is 68.6 Å². The van der Waals surface area contributed by atoms with Gasteiger partial charge < -0.3 is 14.2 Å². The summed E-state index contributed by atoms with van der Waals surface area (Å²) in [5.41, 5.74) is 4.09. The largest absolute Gasteiger partial charge is 0.494 e. The Morgan fingerprint density at radius 2 is 1.50 bits per heavy atom. The second-order valence-corrected chi connectivity index (χ2v) is 8.88. The van der Waals surface area contributed by atoms with E-state index in [-0.39, 0.29) is 0 Å². The third kappa shape index (κ3) is 8.71. The van der Waals surface area contributed by atoms with E-state index in [0.717, 1.165) is 67.8 Å². The lowest BCUT2D eigenvalue weighted by Crippen LogP contribution is -2.08. The number of nitrogens with zero attached hydrogens (tertiary/aromatic N) is 1. The monoisotopic (exact) mass is 505 g/mol. The smallest absolute Gasteiger partial charge is 0.343 e. The summed E-state index contributed by atoms with van der Waals surface area (Å²) < 4.78 is 16.9. The van der Waals surface area contributed by atoms with Crippen molar-refractivity contribution in [3.8, 4) is 28.7 Å². The molecule has 0 N–H and O–H groups in total. The third-order valence-electron chi connectivity index (χ3n) is 5.70. The predicted octanol–water partition coefficient (Wildman–Crippen LogP) is 7.34. The fourth-order valence-electron chi connectivity index (χ4n) is 3.71. The van der Waals surface area contributed by atoms with Crippen LogP contribution in [0.25, 0.3) is 11.1 Å². The molecule has 188 valence electrons. The summed E-state index contributed by atoms with van der Waals surface area (Å²) in [7, 11) is 0. The first kappa shape index (κ1) is 27.3. The van der Waals surface area contributed by atoms with Gasteiger partial charge >= 0.3 is 5.97 Å². The zero-order valence-corrected chi connectivity index (χ0v) is 21.4.